The van der Waals surface area contributed by atoms with Crippen LogP contribution in [0, 0.1) is 21.8 Å². The molecule has 0 unspecified atom stereocenters. The molecule has 0 aliphatic heterocycles. The van der Waals surface area contributed by atoms with E-state index in [1.54, 1.807) is 0 Å². The minimum Gasteiger partial charge on any atom is -0.490 e. The lowest BCUT2D eigenvalue weighted by Crippen LogP contribution is -2.02. The lowest BCUT2D eigenvalue weighted by Gasteiger charge is -2.16. The van der Waals surface area contributed by atoms with Crippen molar-refractivity contribution in [3.05, 3.63) is 105 Å². The normalized spacial score (nSPS) is 11.3. The Kier molecular flexibility index (Phi) is 7.31. The second-order valence-electron chi connectivity index (χ2n) is 7.73. The summed E-state index contributed by atoms with van der Waals surface area (Å²) in [4.78, 5) is 0. The minimum atomic E-state index is 0.444. The van der Waals surface area contributed by atoms with E-state index in [0.717, 1.165) is 31.6 Å². The molecule has 4 aromatic rings. The van der Waals surface area contributed by atoms with Crippen LogP contribution in [0.5, 0.6) is 11.5 Å². The lowest BCUT2D eigenvalue weighted by molar-refractivity contribution is 0.268. The van der Waals surface area contributed by atoms with E-state index >= 15 is 0 Å². The summed E-state index contributed by atoms with van der Waals surface area (Å²) in [5.41, 5.74) is 4.70. The molecule has 4 aromatic carbocycles. The zero-order chi connectivity index (χ0) is 23.2. The molecule has 0 fully saturated rings. The van der Waals surface area contributed by atoms with Crippen LogP contribution in [0.1, 0.15) is 29.2 Å². The lowest BCUT2D eigenvalue weighted by atomic mass is 10.0. The molecule has 164 valence electrons. The number of rotatable bonds is 7. The average Bonchev–Trinajstić information content (AvgIpc) is 2.83. The number of hydrogen-bond donors (Lipinski definition) is 0. The van der Waals surface area contributed by atoms with E-state index in [-0.39, 0.29) is 0 Å². The van der Waals surface area contributed by atoms with Gasteiger partial charge in [0.1, 0.15) is 6.61 Å². The fourth-order valence-corrected chi connectivity index (χ4v) is 4.50. The summed E-state index contributed by atoms with van der Waals surface area (Å²) in [7, 11) is 0. The Morgan fingerprint density at radius 1 is 0.970 bits per heavy atom. The summed E-state index contributed by atoms with van der Waals surface area (Å²) >= 11 is 2.27. The van der Waals surface area contributed by atoms with Crippen molar-refractivity contribution in [2.75, 3.05) is 6.61 Å². The van der Waals surface area contributed by atoms with Gasteiger partial charge in [0.15, 0.2) is 11.5 Å². The fourth-order valence-electron chi connectivity index (χ4n) is 3.72. The highest BCUT2D eigenvalue weighted by atomic mass is 127. The fraction of sp³-hybridized carbons (Fsp3) is 0.138. The Morgan fingerprint density at radius 2 is 1.73 bits per heavy atom. The molecule has 3 nitrogen and oxygen atoms in total. The summed E-state index contributed by atoms with van der Waals surface area (Å²) < 4.78 is 13.1. The van der Waals surface area contributed by atoms with Crippen LogP contribution < -0.4 is 9.47 Å². The van der Waals surface area contributed by atoms with E-state index in [4.69, 9.17) is 9.47 Å². The summed E-state index contributed by atoms with van der Waals surface area (Å²) in [6, 6.07) is 28.8. The van der Waals surface area contributed by atoms with Gasteiger partial charge in [-0.15, -0.1) is 0 Å². The molecule has 0 aliphatic carbocycles. The molecule has 0 amide bonds. The molecule has 0 spiro atoms. The Bertz CT molecular complexity index is 1350. The molecule has 4 heteroatoms. The molecule has 0 N–H and O–H groups in total. The largest absolute Gasteiger partial charge is 0.490 e. The maximum atomic E-state index is 9.73. The van der Waals surface area contributed by atoms with E-state index < -0.39 is 0 Å². The molecule has 0 bridgehead atoms. The highest BCUT2D eigenvalue weighted by Gasteiger charge is 2.13. The van der Waals surface area contributed by atoms with Crippen molar-refractivity contribution in [2.24, 2.45) is 0 Å². The number of ether oxygens (including phenoxy) is 2. The van der Waals surface area contributed by atoms with Gasteiger partial charge in [-0.25, -0.2) is 0 Å². The average molecular weight is 545 g/mol. The smallest absolute Gasteiger partial charge is 0.175 e. The number of benzene rings is 4. The van der Waals surface area contributed by atoms with Crippen LogP contribution in [-0.2, 0) is 6.61 Å². The van der Waals surface area contributed by atoms with E-state index in [1.807, 2.05) is 68.5 Å². The standard InChI is InChI=1S/C29H24INO2/c1-3-32-28-17-21(15-25(18-31)22-13-11-20(2)12-14-22)16-27(30)29(28)33-19-24-9-6-8-23-7-4-5-10-26(23)24/h4-17H,3,19H2,1-2H3/b25-15-. The second-order valence-corrected chi connectivity index (χ2v) is 8.89. The van der Waals surface area contributed by atoms with E-state index in [9.17, 15) is 5.26 Å². The minimum absolute atomic E-state index is 0.444. The molecule has 0 aromatic heterocycles. The predicted octanol–water partition coefficient (Wildman–Crippen LogP) is 7.79. The Labute approximate surface area is 208 Å². The van der Waals surface area contributed by atoms with Crippen molar-refractivity contribution >= 4 is 45.0 Å². The van der Waals surface area contributed by atoms with Crippen LogP contribution in [0.3, 0.4) is 0 Å². The van der Waals surface area contributed by atoms with Gasteiger partial charge in [-0.05, 0) is 82.1 Å². The van der Waals surface area contributed by atoms with E-state index in [2.05, 4.69) is 59.0 Å². The SMILES string of the molecule is CCOc1cc(/C=C(/C#N)c2ccc(C)cc2)cc(I)c1OCc1cccc2ccccc12. The number of fused-ring (bicyclic) bond motifs is 1. The van der Waals surface area contributed by atoms with E-state index in [1.165, 1.54) is 10.8 Å². The molecular weight excluding hydrogens is 521 g/mol. The molecule has 0 radical (unpaired) electrons. The second kappa shape index (κ2) is 10.5. The number of hydrogen-bond acceptors (Lipinski definition) is 3. The predicted molar refractivity (Wildman–Crippen MR) is 143 cm³/mol. The van der Waals surface area contributed by atoms with Crippen LogP contribution in [0.15, 0.2) is 78.9 Å². The van der Waals surface area contributed by atoms with Crippen molar-refractivity contribution in [2.45, 2.75) is 20.5 Å². The van der Waals surface area contributed by atoms with Gasteiger partial charge in [0, 0.05) is 0 Å². The number of halogens is 1. The van der Waals surface area contributed by atoms with Gasteiger partial charge in [-0.3, -0.25) is 0 Å². The topological polar surface area (TPSA) is 42.2 Å². The monoisotopic (exact) mass is 545 g/mol. The third-order valence-corrected chi connectivity index (χ3v) is 6.18. The van der Waals surface area contributed by atoms with Crippen molar-refractivity contribution in [1.29, 1.82) is 5.26 Å². The van der Waals surface area contributed by atoms with Crippen molar-refractivity contribution in [3.63, 3.8) is 0 Å². The molecule has 4 rings (SSSR count). The zero-order valence-corrected chi connectivity index (χ0v) is 20.8. The first-order valence-corrected chi connectivity index (χ1v) is 11.9. The van der Waals surface area contributed by atoms with Crippen LogP contribution >= 0.6 is 22.6 Å². The molecule has 0 aliphatic rings. The first kappa shape index (κ1) is 22.9. The first-order chi connectivity index (χ1) is 16.1. The Balaban J connectivity index is 1.65. The number of allylic oxidation sites excluding steroid dienone is 1. The summed E-state index contributed by atoms with van der Waals surface area (Å²) in [6.45, 7) is 4.96. The van der Waals surface area contributed by atoms with Gasteiger partial charge >= 0.3 is 0 Å². The molecule has 33 heavy (non-hydrogen) atoms. The van der Waals surface area contributed by atoms with Crippen LogP contribution in [0.2, 0.25) is 0 Å². The van der Waals surface area contributed by atoms with Gasteiger partial charge < -0.3 is 9.47 Å². The highest BCUT2D eigenvalue weighted by molar-refractivity contribution is 14.1. The molecule has 0 saturated carbocycles. The molecular formula is C29H24INO2. The van der Waals surface area contributed by atoms with E-state index in [0.29, 0.717) is 24.5 Å². The van der Waals surface area contributed by atoms with Crippen molar-refractivity contribution in [1.82, 2.24) is 0 Å². The third-order valence-electron chi connectivity index (χ3n) is 5.38. The van der Waals surface area contributed by atoms with Gasteiger partial charge in [0.25, 0.3) is 0 Å². The Hall–Kier alpha value is -3.30. The zero-order valence-electron chi connectivity index (χ0n) is 18.6. The maximum absolute atomic E-state index is 9.73. The van der Waals surface area contributed by atoms with Crippen molar-refractivity contribution in [3.8, 4) is 17.6 Å². The van der Waals surface area contributed by atoms with Gasteiger partial charge in [0.05, 0.1) is 21.8 Å². The van der Waals surface area contributed by atoms with Crippen LogP contribution in [0.4, 0.5) is 0 Å². The van der Waals surface area contributed by atoms with Crippen LogP contribution in [0.25, 0.3) is 22.4 Å². The number of nitrogens with zero attached hydrogens (tertiary/aromatic N) is 1. The number of aryl methyl sites for hydroxylation is 1. The molecule has 0 atom stereocenters. The first-order valence-electron chi connectivity index (χ1n) is 10.8. The van der Waals surface area contributed by atoms with Gasteiger partial charge in [-0.1, -0.05) is 72.3 Å². The third kappa shape index (κ3) is 5.37. The van der Waals surface area contributed by atoms with Crippen molar-refractivity contribution < 1.29 is 9.47 Å². The Morgan fingerprint density at radius 3 is 2.48 bits per heavy atom. The summed E-state index contributed by atoms with van der Waals surface area (Å²) in [6.07, 6.45) is 1.89. The van der Waals surface area contributed by atoms with Gasteiger partial charge in [-0.2, -0.15) is 5.26 Å². The van der Waals surface area contributed by atoms with Crippen LogP contribution in [-0.4, -0.2) is 6.61 Å². The molecule has 0 heterocycles. The highest BCUT2D eigenvalue weighted by Crippen LogP contribution is 2.36. The van der Waals surface area contributed by atoms with Gasteiger partial charge in [0.2, 0.25) is 0 Å². The maximum Gasteiger partial charge on any atom is 0.175 e. The summed E-state index contributed by atoms with van der Waals surface area (Å²) in [5.74, 6) is 1.40. The number of nitriles is 1. The quantitative estimate of drug-likeness (QED) is 0.135. The summed E-state index contributed by atoms with van der Waals surface area (Å²) in [5, 5.41) is 12.1. The molecule has 0 saturated heterocycles.